The third-order valence-electron chi connectivity index (χ3n) is 3.79. The molecule has 128 valence electrons. The van der Waals surface area contributed by atoms with Crippen LogP contribution in [0.5, 0.6) is 0 Å². The Kier molecular flexibility index (Phi) is 5.44. The Morgan fingerprint density at radius 2 is 2.17 bits per heavy atom. The molecule has 0 bridgehead atoms. The number of carbonyl (C=O) groups excluding carboxylic acids is 2. The molecule has 2 heterocycles. The van der Waals surface area contributed by atoms with Crippen molar-refractivity contribution in [3.63, 3.8) is 0 Å². The smallest absolute Gasteiger partial charge is 0.417 e. The van der Waals surface area contributed by atoms with Crippen molar-refractivity contribution in [3.8, 4) is 0 Å². The highest BCUT2D eigenvalue weighted by Crippen LogP contribution is 2.23. The molecule has 1 fully saturated rings. The van der Waals surface area contributed by atoms with Gasteiger partial charge >= 0.3 is 6.09 Å². The second-order valence-corrected chi connectivity index (χ2v) is 7.12. The number of hydrogen-bond donors (Lipinski definition) is 0. The SMILES string of the molecule is CCCn1cnc(C[C@H]2CCCN(C(=O)OC(C)(C)C)C2=O)c1. The average Bonchev–Trinajstić information content (AvgIpc) is 2.87. The maximum atomic E-state index is 12.6. The Labute approximate surface area is 137 Å². The van der Waals surface area contributed by atoms with Gasteiger partial charge in [-0.05, 0) is 40.0 Å². The number of ether oxygens (including phenoxy) is 1. The van der Waals surface area contributed by atoms with Crippen molar-refractivity contribution >= 4 is 12.0 Å². The number of likely N-dealkylation sites (tertiary alicyclic amines) is 1. The summed E-state index contributed by atoms with van der Waals surface area (Å²) >= 11 is 0. The zero-order valence-corrected chi connectivity index (χ0v) is 14.5. The third-order valence-corrected chi connectivity index (χ3v) is 3.79. The first-order chi connectivity index (χ1) is 10.8. The number of imidazole rings is 1. The summed E-state index contributed by atoms with van der Waals surface area (Å²) in [5, 5.41) is 0. The average molecular weight is 321 g/mol. The summed E-state index contributed by atoms with van der Waals surface area (Å²) in [6, 6.07) is 0. The first-order valence-corrected chi connectivity index (χ1v) is 8.35. The van der Waals surface area contributed by atoms with Crippen molar-refractivity contribution in [2.45, 2.75) is 65.5 Å². The van der Waals surface area contributed by atoms with Gasteiger partial charge in [0.05, 0.1) is 12.0 Å². The predicted octanol–water partition coefficient (Wildman–Crippen LogP) is 3.01. The molecule has 0 aromatic carbocycles. The van der Waals surface area contributed by atoms with Crippen LogP contribution < -0.4 is 0 Å². The van der Waals surface area contributed by atoms with Gasteiger partial charge in [0.1, 0.15) is 5.60 Å². The van der Waals surface area contributed by atoms with E-state index in [4.69, 9.17) is 4.74 Å². The molecule has 1 aromatic heterocycles. The molecule has 1 aliphatic rings. The van der Waals surface area contributed by atoms with Gasteiger partial charge in [0.15, 0.2) is 0 Å². The van der Waals surface area contributed by atoms with Crippen LogP contribution in [0.2, 0.25) is 0 Å². The summed E-state index contributed by atoms with van der Waals surface area (Å²) in [7, 11) is 0. The van der Waals surface area contributed by atoms with Crippen LogP contribution >= 0.6 is 0 Å². The summed E-state index contributed by atoms with van der Waals surface area (Å²) in [4.78, 5) is 30.4. The summed E-state index contributed by atoms with van der Waals surface area (Å²) in [5.41, 5.74) is 0.311. The monoisotopic (exact) mass is 321 g/mol. The Balaban J connectivity index is 2.00. The number of aryl methyl sites for hydroxylation is 1. The van der Waals surface area contributed by atoms with Crippen LogP contribution in [-0.2, 0) is 22.5 Å². The number of hydrogen-bond acceptors (Lipinski definition) is 4. The third kappa shape index (κ3) is 4.81. The van der Waals surface area contributed by atoms with E-state index < -0.39 is 11.7 Å². The first-order valence-electron chi connectivity index (χ1n) is 8.35. The Morgan fingerprint density at radius 3 is 2.83 bits per heavy atom. The van der Waals surface area contributed by atoms with Crippen LogP contribution in [0.4, 0.5) is 4.79 Å². The van der Waals surface area contributed by atoms with Crippen LogP contribution in [0.3, 0.4) is 0 Å². The van der Waals surface area contributed by atoms with E-state index in [1.807, 2.05) is 10.8 Å². The van der Waals surface area contributed by atoms with Gasteiger partial charge in [-0.25, -0.2) is 14.7 Å². The van der Waals surface area contributed by atoms with Crippen LogP contribution in [-0.4, -0.2) is 38.6 Å². The fourth-order valence-corrected chi connectivity index (χ4v) is 2.78. The lowest BCUT2D eigenvalue weighted by molar-refractivity contribution is -0.137. The van der Waals surface area contributed by atoms with E-state index in [1.54, 1.807) is 27.1 Å². The minimum absolute atomic E-state index is 0.143. The molecule has 23 heavy (non-hydrogen) atoms. The Hall–Kier alpha value is -1.85. The molecule has 6 nitrogen and oxygen atoms in total. The number of rotatable bonds is 4. The molecule has 1 aromatic rings. The summed E-state index contributed by atoms with van der Waals surface area (Å²) < 4.78 is 7.36. The van der Waals surface area contributed by atoms with E-state index in [2.05, 4.69) is 11.9 Å². The number of amides is 2. The zero-order chi connectivity index (χ0) is 17.0. The van der Waals surface area contributed by atoms with Gasteiger partial charge in [-0.2, -0.15) is 0 Å². The molecule has 1 atom stereocenters. The number of nitrogens with zero attached hydrogens (tertiary/aromatic N) is 3. The van der Waals surface area contributed by atoms with Gasteiger partial charge < -0.3 is 9.30 Å². The summed E-state index contributed by atoms with van der Waals surface area (Å²) in [6.45, 7) is 8.89. The standard InChI is InChI=1S/C17H27N3O3/c1-5-8-19-11-14(18-12-19)10-13-7-6-9-20(15(13)21)16(22)23-17(2,3)4/h11-13H,5-10H2,1-4H3/t13-/m1/s1. The predicted molar refractivity (Wildman–Crippen MR) is 86.9 cm³/mol. The van der Waals surface area contributed by atoms with Gasteiger partial charge in [0, 0.05) is 31.6 Å². The summed E-state index contributed by atoms with van der Waals surface area (Å²) in [6.07, 6.45) is 6.48. The highest BCUT2D eigenvalue weighted by molar-refractivity contribution is 5.94. The van der Waals surface area contributed by atoms with E-state index in [1.165, 1.54) is 4.90 Å². The van der Waals surface area contributed by atoms with Crippen LogP contribution in [0.1, 0.15) is 52.7 Å². The molecule has 2 rings (SSSR count). The van der Waals surface area contributed by atoms with Crippen molar-refractivity contribution in [1.29, 1.82) is 0 Å². The zero-order valence-electron chi connectivity index (χ0n) is 14.5. The van der Waals surface area contributed by atoms with Crippen LogP contribution in [0.25, 0.3) is 0 Å². The second-order valence-electron chi connectivity index (χ2n) is 7.12. The number of imide groups is 1. The highest BCUT2D eigenvalue weighted by atomic mass is 16.6. The van der Waals surface area contributed by atoms with E-state index in [0.717, 1.165) is 31.5 Å². The lowest BCUT2D eigenvalue weighted by Crippen LogP contribution is -2.47. The molecular formula is C17H27N3O3. The van der Waals surface area contributed by atoms with E-state index >= 15 is 0 Å². The lowest BCUT2D eigenvalue weighted by Gasteiger charge is -2.32. The topological polar surface area (TPSA) is 64.4 Å². The van der Waals surface area contributed by atoms with Crippen molar-refractivity contribution < 1.29 is 14.3 Å². The van der Waals surface area contributed by atoms with Crippen LogP contribution in [0.15, 0.2) is 12.5 Å². The Bertz CT molecular complexity index is 560. The number of carbonyl (C=O) groups is 2. The molecule has 0 N–H and O–H groups in total. The molecule has 1 aliphatic heterocycles. The fourth-order valence-electron chi connectivity index (χ4n) is 2.78. The van der Waals surface area contributed by atoms with E-state index in [0.29, 0.717) is 13.0 Å². The first kappa shape index (κ1) is 17.5. The molecule has 6 heteroatoms. The van der Waals surface area contributed by atoms with Crippen molar-refractivity contribution in [2.24, 2.45) is 5.92 Å². The maximum Gasteiger partial charge on any atom is 0.417 e. The van der Waals surface area contributed by atoms with Gasteiger partial charge in [-0.3, -0.25) is 4.79 Å². The molecule has 2 amide bonds. The van der Waals surface area contributed by atoms with Crippen LogP contribution in [0, 0.1) is 5.92 Å². The molecule has 1 saturated heterocycles. The number of piperidine rings is 1. The molecule has 0 spiro atoms. The van der Waals surface area contributed by atoms with Crippen molar-refractivity contribution in [2.75, 3.05) is 6.54 Å². The molecule has 0 radical (unpaired) electrons. The van der Waals surface area contributed by atoms with Gasteiger partial charge in [-0.15, -0.1) is 0 Å². The Morgan fingerprint density at radius 1 is 1.43 bits per heavy atom. The summed E-state index contributed by atoms with van der Waals surface area (Å²) in [5.74, 6) is -0.336. The van der Waals surface area contributed by atoms with Gasteiger partial charge in [-0.1, -0.05) is 6.92 Å². The minimum Gasteiger partial charge on any atom is -0.443 e. The molecule has 0 unspecified atom stereocenters. The minimum atomic E-state index is -0.594. The van der Waals surface area contributed by atoms with E-state index in [9.17, 15) is 9.59 Å². The lowest BCUT2D eigenvalue weighted by atomic mass is 9.93. The highest BCUT2D eigenvalue weighted by Gasteiger charge is 2.35. The molecular weight excluding hydrogens is 294 g/mol. The number of aromatic nitrogens is 2. The largest absolute Gasteiger partial charge is 0.443 e. The fraction of sp³-hybridized carbons (Fsp3) is 0.706. The normalized spacial score (nSPS) is 19.0. The quantitative estimate of drug-likeness (QED) is 0.855. The van der Waals surface area contributed by atoms with Crippen molar-refractivity contribution in [1.82, 2.24) is 14.5 Å². The van der Waals surface area contributed by atoms with Gasteiger partial charge in [0.2, 0.25) is 5.91 Å². The molecule has 0 saturated carbocycles. The van der Waals surface area contributed by atoms with Gasteiger partial charge in [0.25, 0.3) is 0 Å². The second kappa shape index (κ2) is 7.15. The van der Waals surface area contributed by atoms with E-state index in [-0.39, 0.29) is 11.8 Å². The van der Waals surface area contributed by atoms with Crippen molar-refractivity contribution in [3.05, 3.63) is 18.2 Å². The maximum absolute atomic E-state index is 12.6. The molecule has 0 aliphatic carbocycles.